The highest BCUT2D eigenvalue weighted by atomic mass is 16.1. The minimum absolute atomic E-state index is 0.0528. The van der Waals surface area contributed by atoms with Gasteiger partial charge in [-0.05, 0) is 51.5 Å². The quantitative estimate of drug-likeness (QED) is 0.782. The minimum Gasteiger partial charge on any atom is -0.311 e. The fourth-order valence-corrected chi connectivity index (χ4v) is 3.63. The van der Waals surface area contributed by atoms with Crippen molar-refractivity contribution in [2.75, 3.05) is 25.5 Å². The van der Waals surface area contributed by atoms with E-state index < -0.39 is 0 Å². The van der Waals surface area contributed by atoms with Crippen LogP contribution in [-0.2, 0) is 11.2 Å². The Morgan fingerprint density at radius 3 is 2.92 bits per heavy atom. The van der Waals surface area contributed by atoms with E-state index in [4.69, 9.17) is 0 Å². The number of pyridine rings is 1. The molecule has 7 heteroatoms. The predicted molar refractivity (Wildman–Crippen MR) is 100 cm³/mol. The van der Waals surface area contributed by atoms with E-state index in [0.29, 0.717) is 6.04 Å². The number of nitrogens with zero attached hydrogens (tertiary/aromatic N) is 5. The third kappa shape index (κ3) is 3.22. The number of anilines is 1. The summed E-state index contributed by atoms with van der Waals surface area (Å²) in [5.41, 5.74) is 2.87. The molecule has 1 fully saturated rings. The van der Waals surface area contributed by atoms with Gasteiger partial charge in [-0.3, -0.25) is 4.79 Å². The van der Waals surface area contributed by atoms with E-state index >= 15 is 0 Å². The molecule has 1 N–H and O–H groups in total. The molecular weight excluding hydrogens is 328 g/mol. The molecule has 4 rings (SSSR count). The smallest absolute Gasteiger partial charge is 0.231 e. The van der Waals surface area contributed by atoms with Gasteiger partial charge in [-0.1, -0.05) is 6.07 Å². The highest BCUT2D eigenvalue weighted by Crippen LogP contribution is 2.24. The first kappa shape index (κ1) is 16.8. The number of carbonyl (C=O) groups is 1. The average molecular weight is 352 g/mol. The van der Waals surface area contributed by atoms with Gasteiger partial charge in [-0.25, -0.2) is 9.67 Å². The molecule has 0 spiro atoms. The van der Waals surface area contributed by atoms with Crippen LogP contribution in [0.5, 0.6) is 0 Å². The molecule has 136 valence electrons. The topological polar surface area (TPSA) is 67.5 Å². The Morgan fingerprint density at radius 1 is 1.31 bits per heavy atom. The van der Waals surface area contributed by atoms with E-state index in [9.17, 15) is 4.79 Å². The molecule has 3 aromatic heterocycles. The molecule has 1 aliphatic rings. The molecule has 1 aliphatic heterocycles. The molecule has 1 amide bonds. The van der Waals surface area contributed by atoms with Crippen LogP contribution < -0.4 is 5.32 Å². The minimum atomic E-state index is -0.0528. The van der Waals surface area contributed by atoms with Crippen molar-refractivity contribution in [3.8, 4) is 0 Å². The predicted octanol–water partition coefficient (Wildman–Crippen LogP) is 2.29. The van der Waals surface area contributed by atoms with Gasteiger partial charge in [0.05, 0.1) is 24.4 Å². The van der Waals surface area contributed by atoms with Gasteiger partial charge in [0.25, 0.3) is 0 Å². The van der Waals surface area contributed by atoms with Gasteiger partial charge in [0.1, 0.15) is 11.5 Å². The molecule has 1 saturated heterocycles. The summed E-state index contributed by atoms with van der Waals surface area (Å²) >= 11 is 0. The molecule has 0 aromatic carbocycles. The number of aromatic nitrogens is 4. The second kappa shape index (κ2) is 6.92. The van der Waals surface area contributed by atoms with E-state index in [2.05, 4.69) is 27.3 Å². The van der Waals surface area contributed by atoms with Crippen LogP contribution in [0.2, 0.25) is 0 Å². The third-order valence-electron chi connectivity index (χ3n) is 5.12. The number of likely N-dealkylation sites (tertiary alicyclic amines) is 1. The van der Waals surface area contributed by atoms with Crippen molar-refractivity contribution < 1.29 is 4.79 Å². The maximum Gasteiger partial charge on any atom is 0.231 e. The summed E-state index contributed by atoms with van der Waals surface area (Å²) in [5.74, 6) is 0.720. The first-order valence-corrected chi connectivity index (χ1v) is 9.05. The largest absolute Gasteiger partial charge is 0.311 e. The van der Waals surface area contributed by atoms with Crippen molar-refractivity contribution in [1.29, 1.82) is 0 Å². The third-order valence-corrected chi connectivity index (χ3v) is 5.12. The van der Waals surface area contributed by atoms with Crippen LogP contribution in [0.25, 0.3) is 5.65 Å². The summed E-state index contributed by atoms with van der Waals surface area (Å²) in [6.07, 6.45) is 7.85. The van der Waals surface area contributed by atoms with Crippen LogP contribution >= 0.6 is 0 Å². The van der Waals surface area contributed by atoms with Crippen molar-refractivity contribution in [3.05, 3.63) is 48.0 Å². The summed E-state index contributed by atoms with van der Waals surface area (Å²) in [5, 5.41) is 7.47. The second-order valence-electron chi connectivity index (χ2n) is 7.05. The van der Waals surface area contributed by atoms with E-state index in [0.717, 1.165) is 48.7 Å². The first-order valence-electron chi connectivity index (χ1n) is 9.05. The van der Waals surface area contributed by atoms with Crippen molar-refractivity contribution in [2.45, 2.75) is 32.2 Å². The summed E-state index contributed by atoms with van der Waals surface area (Å²) in [6, 6.07) is 6.21. The Hall–Kier alpha value is -2.67. The highest BCUT2D eigenvalue weighted by Gasteiger charge is 2.21. The van der Waals surface area contributed by atoms with Gasteiger partial charge >= 0.3 is 0 Å². The molecule has 0 aliphatic carbocycles. The van der Waals surface area contributed by atoms with Crippen LogP contribution in [0.4, 0.5) is 5.82 Å². The normalized spacial score (nSPS) is 16.2. The zero-order valence-electron chi connectivity index (χ0n) is 15.2. The van der Waals surface area contributed by atoms with Crippen molar-refractivity contribution in [2.24, 2.45) is 0 Å². The SMILES string of the molecule is Cc1cccn2c(CC(=O)Nc3ccnn3C3CCN(C)CC3)cnc12. The Bertz CT molecular complexity index is 919. The molecule has 0 bridgehead atoms. The lowest BCUT2D eigenvalue weighted by Gasteiger charge is -2.30. The van der Waals surface area contributed by atoms with Crippen LogP contribution in [0, 0.1) is 6.92 Å². The number of nitrogens with one attached hydrogen (secondary N) is 1. The second-order valence-corrected chi connectivity index (χ2v) is 7.05. The van der Waals surface area contributed by atoms with Gasteiger partial charge in [0.15, 0.2) is 0 Å². The number of amides is 1. The number of hydrogen-bond donors (Lipinski definition) is 1. The lowest BCUT2D eigenvalue weighted by molar-refractivity contribution is -0.115. The molecule has 26 heavy (non-hydrogen) atoms. The number of imidazole rings is 1. The molecule has 0 atom stereocenters. The highest BCUT2D eigenvalue weighted by molar-refractivity contribution is 5.91. The Labute approximate surface area is 152 Å². The van der Waals surface area contributed by atoms with Crippen LogP contribution in [0.15, 0.2) is 36.8 Å². The van der Waals surface area contributed by atoms with Crippen molar-refractivity contribution in [1.82, 2.24) is 24.1 Å². The molecule has 0 saturated carbocycles. The molecule has 4 heterocycles. The first-order chi connectivity index (χ1) is 12.6. The van der Waals surface area contributed by atoms with Crippen LogP contribution in [0.1, 0.15) is 30.1 Å². The van der Waals surface area contributed by atoms with Crippen molar-refractivity contribution >= 4 is 17.4 Å². The fourth-order valence-electron chi connectivity index (χ4n) is 3.63. The van der Waals surface area contributed by atoms with Crippen LogP contribution in [-0.4, -0.2) is 50.1 Å². The zero-order chi connectivity index (χ0) is 18.1. The summed E-state index contributed by atoms with van der Waals surface area (Å²) < 4.78 is 3.94. The lowest BCUT2D eigenvalue weighted by Crippen LogP contribution is -2.32. The number of rotatable bonds is 4. The fraction of sp³-hybridized carbons (Fsp3) is 0.421. The van der Waals surface area contributed by atoms with E-state index in [1.807, 2.05) is 40.4 Å². The summed E-state index contributed by atoms with van der Waals surface area (Å²) in [7, 11) is 2.14. The molecule has 3 aromatic rings. The van der Waals surface area contributed by atoms with Gasteiger partial charge in [-0.15, -0.1) is 0 Å². The number of hydrogen-bond acceptors (Lipinski definition) is 4. The van der Waals surface area contributed by atoms with Gasteiger partial charge < -0.3 is 14.6 Å². The molecule has 0 unspecified atom stereocenters. The maximum absolute atomic E-state index is 12.6. The summed E-state index contributed by atoms with van der Waals surface area (Å²) in [6.45, 7) is 4.13. The van der Waals surface area contributed by atoms with Crippen LogP contribution in [0.3, 0.4) is 0 Å². The number of piperidine rings is 1. The number of carbonyl (C=O) groups excluding carboxylic acids is 1. The van der Waals surface area contributed by atoms with E-state index in [1.165, 1.54) is 0 Å². The van der Waals surface area contributed by atoms with Gasteiger partial charge in [0, 0.05) is 18.5 Å². The zero-order valence-corrected chi connectivity index (χ0v) is 15.2. The number of fused-ring (bicyclic) bond motifs is 1. The monoisotopic (exact) mass is 352 g/mol. The Kier molecular flexibility index (Phi) is 4.46. The van der Waals surface area contributed by atoms with E-state index in [-0.39, 0.29) is 12.3 Å². The lowest BCUT2D eigenvalue weighted by atomic mass is 10.1. The van der Waals surface area contributed by atoms with Crippen molar-refractivity contribution in [3.63, 3.8) is 0 Å². The van der Waals surface area contributed by atoms with E-state index in [1.54, 1.807) is 12.4 Å². The van der Waals surface area contributed by atoms with Gasteiger partial charge in [-0.2, -0.15) is 5.10 Å². The molecule has 7 nitrogen and oxygen atoms in total. The average Bonchev–Trinajstić information content (AvgIpc) is 3.24. The van der Waals surface area contributed by atoms with Gasteiger partial charge in [0.2, 0.25) is 5.91 Å². The number of aryl methyl sites for hydroxylation is 1. The summed E-state index contributed by atoms with van der Waals surface area (Å²) in [4.78, 5) is 19.3. The maximum atomic E-state index is 12.6. The standard InChI is InChI=1S/C19H24N6O/c1-14-4-3-9-24-16(13-20-19(14)24)12-18(26)22-17-5-8-21-25(17)15-6-10-23(2)11-7-15/h3-5,8-9,13,15H,6-7,10-12H2,1-2H3,(H,22,26). The Morgan fingerprint density at radius 2 is 2.12 bits per heavy atom. The molecular formula is C19H24N6O. The Balaban J connectivity index is 1.47. The molecule has 0 radical (unpaired) electrons.